The number of nitrogens with zero attached hydrogens (tertiary/aromatic N) is 2. The number of sulfonamides is 1. The third-order valence-electron chi connectivity index (χ3n) is 3.19. The number of benzene rings is 1. The first-order valence-corrected chi connectivity index (χ1v) is 8.27. The Labute approximate surface area is 125 Å². The molecule has 2 rings (SSSR count). The minimum atomic E-state index is -3.66. The number of aryl methyl sites for hydroxylation is 1. The molecule has 3 N–H and O–H groups in total. The Morgan fingerprint density at radius 3 is 2.62 bits per heavy atom. The van der Waals surface area contributed by atoms with E-state index in [0.29, 0.717) is 11.4 Å². The predicted octanol–water partition coefficient (Wildman–Crippen LogP) is 2.41. The van der Waals surface area contributed by atoms with E-state index in [9.17, 15) is 8.42 Å². The van der Waals surface area contributed by atoms with Crippen LogP contribution in [-0.4, -0.2) is 18.2 Å². The van der Waals surface area contributed by atoms with Crippen LogP contribution in [0.15, 0.2) is 35.5 Å². The molecule has 21 heavy (non-hydrogen) atoms. The van der Waals surface area contributed by atoms with E-state index in [1.165, 1.54) is 12.3 Å². The summed E-state index contributed by atoms with van der Waals surface area (Å²) in [5, 5.41) is 4.10. The zero-order valence-electron chi connectivity index (χ0n) is 12.4. The van der Waals surface area contributed by atoms with Crippen LogP contribution in [0.2, 0.25) is 0 Å². The molecule has 6 nitrogen and oxygen atoms in total. The van der Waals surface area contributed by atoms with Gasteiger partial charge in [-0.05, 0) is 38.0 Å². The van der Waals surface area contributed by atoms with Crippen molar-refractivity contribution in [2.45, 2.75) is 38.1 Å². The third kappa shape index (κ3) is 3.36. The van der Waals surface area contributed by atoms with Gasteiger partial charge >= 0.3 is 0 Å². The minimum absolute atomic E-state index is 0.148. The Balaban J connectivity index is 2.27. The molecule has 2 aromatic rings. The van der Waals surface area contributed by atoms with E-state index in [-0.39, 0.29) is 10.9 Å². The van der Waals surface area contributed by atoms with Gasteiger partial charge in [-0.1, -0.05) is 13.0 Å². The summed E-state index contributed by atoms with van der Waals surface area (Å²) in [5.74, 6) is 0. The van der Waals surface area contributed by atoms with Crippen LogP contribution in [0.5, 0.6) is 0 Å². The van der Waals surface area contributed by atoms with Crippen molar-refractivity contribution in [2.24, 2.45) is 0 Å². The summed E-state index contributed by atoms with van der Waals surface area (Å²) >= 11 is 0. The maximum absolute atomic E-state index is 12.3. The Hall–Kier alpha value is -2.02. The Morgan fingerprint density at radius 1 is 1.38 bits per heavy atom. The summed E-state index contributed by atoms with van der Waals surface area (Å²) in [6, 6.07) is 4.95. The van der Waals surface area contributed by atoms with Crippen LogP contribution in [-0.2, 0) is 16.4 Å². The summed E-state index contributed by atoms with van der Waals surface area (Å²) in [4.78, 5) is 0.148. The Kier molecular flexibility index (Phi) is 4.22. The van der Waals surface area contributed by atoms with E-state index >= 15 is 0 Å². The summed E-state index contributed by atoms with van der Waals surface area (Å²) in [6.07, 6.45) is 3.91. The molecule has 0 fully saturated rings. The third-order valence-corrected chi connectivity index (χ3v) is 4.57. The molecule has 0 unspecified atom stereocenters. The molecule has 0 saturated carbocycles. The van der Waals surface area contributed by atoms with Gasteiger partial charge in [-0.15, -0.1) is 0 Å². The van der Waals surface area contributed by atoms with Gasteiger partial charge in [-0.25, -0.2) is 8.42 Å². The van der Waals surface area contributed by atoms with E-state index in [4.69, 9.17) is 5.73 Å². The fourth-order valence-corrected chi connectivity index (χ4v) is 3.01. The van der Waals surface area contributed by atoms with Crippen LogP contribution in [0.1, 0.15) is 32.4 Å². The normalized spacial score (nSPS) is 11.8. The van der Waals surface area contributed by atoms with Gasteiger partial charge in [-0.2, -0.15) is 5.10 Å². The highest BCUT2D eigenvalue weighted by atomic mass is 32.2. The number of nitrogens with two attached hydrogens (primary N) is 1. The molecule has 0 bridgehead atoms. The Morgan fingerprint density at radius 2 is 2.10 bits per heavy atom. The highest BCUT2D eigenvalue weighted by Gasteiger charge is 2.16. The molecule has 0 spiro atoms. The fraction of sp³-hybridized carbons (Fsp3) is 0.357. The largest absolute Gasteiger partial charge is 0.398 e. The first-order valence-electron chi connectivity index (χ1n) is 6.79. The van der Waals surface area contributed by atoms with Crippen molar-refractivity contribution in [1.82, 2.24) is 9.78 Å². The lowest BCUT2D eigenvalue weighted by Crippen LogP contribution is -2.13. The lowest BCUT2D eigenvalue weighted by atomic mass is 10.1. The van der Waals surface area contributed by atoms with Crippen molar-refractivity contribution in [3.63, 3.8) is 0 Å². The zero-order chi connectivity index (χ0) is 15.6. The average Bonchev–Trinajstić information content (AvgIpc) is 2.86. The summed E-state index contributed by atoms with van der Waals surface area (Å²) < 4.78 is 28.9. The lowest BCUT2D eigenvalue weighted by molar-refractivity contribution is 0.532. The summed E-state index contributed by atoms with van der Waals surface area (Å²) in [7, 11) is -3.66. The van der Waals surface area contributed by atoms with Crippen molar-refractivity contribution < 1.29 is 8.42 Å². The molecule has 0 atom stereocenters. The van der Waals surface area contributed by atoms with Gasteiger partial charge in [0.25, 0.3) is 10.0 Å². The van der Waals surface area contributed by atoms with Crippen molar-refractivity contribution >= 4 is 21.4 Å². The molecular formula is C14H20N4O2S. The van der Waals surface area contributed by atoms with Gasteiger partial charge in [-0.3, -0.25) is 9.40 Å². The molecule has 7 heteroatoms. The average molecular weight is 308 g/mol. The van der Waals surface area contributed by atoms with Gasteiger partial charge < -0.3 is 5.73 Å². The fourth-order valence-electron chi connectivity index (χ4n) is 1.95. The van der Waals surface area contributed by atoms with Crippen molar-refractivity contribution in [2.75, 3.05) is 10.5 Å². The van der Waals surface area contributed by atoms with Gasteiger partial charge in [0.2, 0.25) is 0 Å². The van der Waals surface area contributed by atoms with Crippen LogP contribution in [0.3, 0.4) is 0 Å². The predicted molar refractivity (Wildman–Crippen MR) is 83.7 cm³/mol. The monoisotopic (exact) mass is 308 g/mol. The molecule has 114 valence electrons. The molecule has 0 aliphatic rings. The summed E-state index contributed by atoms with van der Waals surface area (Å²) in [5.41, 5.74) is 7.71. The van der Waals surface area contributed by atoms with E-state index < -0.39 is 10.0 Å². The second-order valence-corrected chi connectivity index (χ2v) is 6.80. The SMILES string of the molecule is CCc1ccc(S(=O)(=O)Nc2cnn(C(C)C)c2)cc1N. The smallest absolute Gasteiger partial charge is 0.262 e. The van der Waals surface area contributed by atoms with Crippen LogP contribution in [0.4, 0.5) is 11.4 Å². The van der Waals surface area contributed by atoms with Gasteiger partial charge in [0.1, 0.15) is 0 Å². The first-order chi connectivity index (χ1) is 9.83. The van der Waals surface area contributed by atoms with E-state index in [2.05, 4.69) is 9.82 Å². The first kappa shape index (κ1) is 15.4. The van der Waals surface area contributed by atoms with E-state index in [1.807, 2.05) is 20.8 Å². The lowest BCUT2D eigenvalue weighted by Gasteiger charge is -2.09. The standard InChI is InChI=1S/C14H20N4O2S/c1-4-11-5-6-13(7-14(11)15)21(19,20)17-12-8-16-18(9-12)10(2)3/h5-10,17H,4,15H2,1-3H3. The van der Waals surface area contributed by atoms with Crippen molar-refractivity contribution in [3.8, 4) is 0 Å². The second kappa shape index (κ2) is 5.77. The molecular weight excluding hydrogens is 288 g/mol. The maximum atomic E-state index is 12.3. The molecule has 1 aromatic heterocycles. The van der Waals surface area contributed by atoms with Gasteiger partial charge in [0, 0.05) is 17.9 Å². The number of rotatable bonds is 5. The molecule has 1 heterocycles. The minimum Gasteiger partial charge on any atom is -0.398 e. The summed E-state index contributed by atoms with van der Waals surface area (Å²) in [6.45, 7) is 5.91. The molecule has 0 saturated heterocycles. The number of aromatic nitrogens is 2. The number of anilines is 2. The topological polar surface area (TPSA) is 90.0 Å². The molecule has 0 aliphatic carbocycles. The maximum Gasteiger partial charge on any atom is 0.262 e. The van der Waals surface area contributed by atoms with E-state index in [0.717, 1.165) is 12.0 Å². The highest BCUT2D eigenvalue weighted by molar-refractivity contribution is 7.92. The van der Waals surface area contributed by atoms with Crippen LogP contribution < -0.4 is 10.5 Å². The highest BCUT2D eigenvalue weighted by Crippen LogP contribution is 2.21. The van der Waals surface area contributed by atoms with Crippen LogP contribution in [0, 0.1) is 0 Å². The Bertz CT molecular complexity index is 735. The molecule has 1 aromatic carbocycles. The number of hydrogen-bond donors (Lipinski definition) is 2. The van der Waals surface area contributed by atoms with Gasteiger partial charge in [0.05, 0.1) is 16.8 Å². The number of nitrogen functional groups attached to an aromatic ring is 1. The molecule has 0 aliphatic heterocycles. The van der Waals surface area contributed by atoms with Crippen molar-refractivity contribution in [3.05, 3.63) is 36.2 Å². The van der Waals surface area contributed by atoms with Gasteiger partial charge in [0.15, 0.2) is 0 Å². The molecule has 0 amide bonds. The molecule has 0 radical (unpaired) electrons. The van der Waals surface area contributed by atoms with Crippen LogP contribution in [0.25, 0.3) is 0 Å². The zero-order valence-corrected chi connectivity index (χ0v) is 13.2. The number of nitrogens with one attached hydrogen (secondary N) is 1. The second-order valence-electron chi connectivity index (χ2n) is 5.12. The van der Waals surface area contributed by atoms with Crippen LogP contribution >= 0.6 is 0 Å². The quantitative estimate of drug-likeness (QED) is 0.830. The number of hydrogen-bond acceptors (Lipinski definition) is 4. The van der Waals surface area contributed by atoms with E-state index in [1.54, 1.807) is 23.0 Å². The van der Waals surface area contributed by atoms with Crippen molar-refractivity contribution in [1.29, 1.82) is 0 Å².